The van der Waals surface area contributed by atoms with Crippen molar-refractivity contribution < 1.29 is 0 Å². The lowest BCUT2D eigenvalue weighted by Crippen LogP contribution is -1.65. The van der Waals surface area contributed by atoms with Crippen molar-refractivity contribution in [1.82, 2.24) is 0 Å². The quantitative estimate of drug-likeness (QED) is 0.361. The van der Waals surface area contributed by atoms with Gasteiger partial charge in [-0.25, -0.2) is 0 Å². The highest BCUT2D eigenvalue weighted by atomic mass is 31.1. The molecule has 0 aromatic heterocycles. The summed E-state index contributed by atoms with van der Waals surface area (Å²) in [5, 5.41) is 0. The Hall–Kier alpha value is -0.450. The van der Waals surface area contributed by atoms with Crippen molar-refractivity contribution in [1.29, 1.82) is 0 Å². The molecule has 72 valence electrons. The summed E-state index contributed by atoms with van der Waals surface area (Å²) in [4.78, 5) is 0. The van der Waals surface area contributed by atoms with Crippen LogP contribution in [0.15, 0.2) is 0 Å². The van der Waals surface area contributed by atoms with E-state index in [0.29, 0.717) is 8.58 Å². The highest BCUT2D eigenvalue weighted by Crippen LogP contribution is 2.04. The fourth-order valence-corrected chi connectivity index (χ4v) is 1.26. The Balaban J connectivity index is 3.28. The number of hydrogen-bond donors (Lipinski definition) is 0. The molecule has 0 saturated heterocycles. The Bertz CT molecular complexity index is 185. The lowest BCUT2D eigenvalue weighted by atomic mass is 10.3. The normalized spacial score (nSPS) is 8.15. The lowest BCUT2D eigenvalue weighted by Gasteiger charge is -1.83. The van der Waals surface area contributed by atoms with E-state index in [0.717, 1.165) is 12.8 Å². The minimum absolute atomic E-state index is 0.533. The van der Waals surface area contributed by atoms with Crippen molar-refractivity contribution in [2.24, 2.45) is 0 Å². The Labute approximate surface area is 84.7 Å². The second kappa shape index (κ2) is 11.6. The van der Waals surface area contributed by atoms with Crippen LogP contribution < -0.4 is 0 Å². The van der Waals surface area contributed by atoms with E-state index in [-0.39, 0.29) is 0 Å². The van der Waals surface area contributed by atoms with Crippen LogP contribution >= 0.6 is 8.58 Å². The summed E-state index contributed by atoms with van der Waals surface area (Å²) in [6.45, 7) is 4.38. The smallest absolute Gasteiger partial charge is 0.0358 e. The van der Waals surface area contributed by atoms with Gasteiger partial charge in [-0.15, -0.1) is 0 Å². The average molecular weight is 194 g/mol. The van der Waals surface area contributed by atoms with E-state index in [1.165, 1.54) is 25.7 Å². The van der Waals surface area contributed by atoms with E-state index in [4.69, 9.17) is 0 Å². The molecule has 0 bridgehead atoms. The van der Waals surface area contributed by atoms with Crippen LogP contribution in [-0.2, 0) is 0 Å². The standard InChI is InChI=1S/C12H19P/c1-3-5-7-9-11-13-12-10-8-6-4-2/h13H,3-8H2,1-2H3. The molecule has 0 heterocycles. The second-order valence-corrected chi connectivity index (χ2v) is 3.69. The van der Waals surface area contributed by atoms with Crippen LogP contribution in [-0.4, -0.2) is 0 Å². The molecule has 0 N–H and O–H groups in total. The van der Waals surface area contributed by atoms with Gasteiger partial charge in [0.15, 0.2) is 0 Å². The topological polar surface area (TPSA) is 0 Å². The first-order valence-electron chi connectivity index (χ1n) is 5.12. The third kappa shape index (κ3) is 11.5. The van der Waals surface area contributed by atoms with E-state index in [2.05, 4.69) is 37.0 Å². The van der Waals surface area contributed by atoms with Crippen LogP contribution in [0.5, 0.6) is 0 Å². The largest absolute Gasteiger partial charge is 0.0979 e. The SMILES string of the molecule is CCCCC#CPC#CCCCC. The van der Waals surface area contributed by atoms with Gasteiger partial charge in [0.25, 0.3) is 0 Å². The number of unbranched alkanes of at least 4 members (excludes halogenated alkanes) is 4. The van der Waals surface area contributed by atoms with Crippen LogP contribution in [0.2, 0.25) is 0 Å². The molecule has 0 atom stereocenters. The lowest BCUT2D eigenvalue weighted by molar-refractivity contribution is 0.828. The van der Waals surface area contributed by atoms with Gasteiger partial charge in [-0.3, -0.25) is 0 Å². The minimum atomic E-state index is 0.533. The van der Waals surface area contributed by atoms with Crippen LogP contribution in [0.25, 0.3) is 0 Å². The van der Waals surface area contributed by atoms with Crippen molar-refractivity contribution in [3.05, 3.63) is 0 Å². The fraction of sp³-hybridized carbons (Fsp3) is 0.667. The molecule has 0 spiro atoms. The van der Waals surface area contributed by atoms with E-state index in [1.54, 1.807) is 0 Å². The zero-order chi connectivity index (χ0) is 9.78. The predicted octanol–water partition coefficient (Wildman–Crippen LogP) is 3.97. The number of rotatable bonds is 4. The molecule has 0 aliphatic heterocycles. The van der Waals surface area contributed by atoms with Crippen LogP contribution in [0.1, 0.15) is 52.4 Å². The molecule has 1 heteroatoms. The predicted molar refractivity (Wildman–Crippen MR) is 62.9 cm³/mol. The number of hydrogen-bond acceptors (Lipinski definition) is 0. The molecule has 0 aliphatic rings. The monoisotopic (exact) mass is 194 g/mol. The maximum absolute atomic E-state index is 3.14. The first-order valence-corrected chi connectivity index (χ1v) is 6.12. The van der Waals surface area contributed by atoms with E-state index < -0.39 is 0 Å². The van der Waals surface area contributed by atoms with Gasteiger partial charge < -0.3 is 0 Å². The third-order valence-electron chi connectivity index (χ3n) is 1.61. The molecular weight excluding hydrogens is 175 g/mol. The zero-order valence-corrected chi connectivity index (χ0v) is 9.74. The van der Waals surface area contributed by atoms with Gasteiger partial charge in [0.2, 0.25) is 0 Å². The zero-order valence-electron chi connectivity index (χ0n) is 8.74. The maximum atomic E-state index is 3.14. The summed E-state index contributed by atoms with van der Waals surface area (Å²) in [5.41, 5.74) is 6.20. The highest BCUT2D eigenvalue weighted by molar-refractivity contribution is 7.49. The van der Waals surface area contributed by atoms with Gasteiger partial charge in [-0.05, 0) is 12.8 Å². The summed E-state index contributed by atoms with van der Waals surface area (Å²) in [6, 6.07) is 0. The molecule has 0 aromatic rings. The minimum Gasteiger partial charge on any atom is -0.0979 e. The van der Waals surface area contributed by atoms with Gasteiger partial charge in [0.05, 0.1) is 0 Å². The summed E-state index contributed by atoms with van der Waals surface area (Å²) >= 11 is 0. The summed E-state index contributed by atoms with van der Waals surface area (Å²) in [6.07, 6.45) is 7.00. The summed E-state index contributed by atoms with van der Waals surface area (Å²) < 4.78 is 0. The molecular formula is C12H19P. The van der Waals surface area contributed by atoms with E-state index in [1.807, 2.05) is 0 Å². The molecule has 0 fully saturated rings. The van der Waals surface area contributed by atoms with Gasteiger partial charge in [0, 0.05) is 21.4 Å². The molecule has 0 radical (unpaired) electrons. The van der Waals surface area contributed by atoms with Crippen molar-refractivity contribution in [3.63, 3.8) is 0 Å². The molecule has 0 aromatic carbocycles. The summed E-state index contributed by atoms with van der Waals surface area (Å²) in [7, 11) is 0.533. The van der Waals surface area contributed by atoms with E-state index >= 15 is 0 Å². The van der Waals surface area contributed by atoms with Gasteiger partial charge in [-0.1, -0.05) is 49.9 Å². The highest BCUT2D eigenvalue weighted by Gasteiger charge is 1.76. The Morgan fingerprint density at radius 3 is 1.69 bits per heavy atom. The van der Waals surface area contributed by atoms with Crippen molar-refractivity contribution in [2.75, 3.05) is 0 Å². The molecule has 0 nitrogen and oxygen atoms in total. The Morgan fingerprint density at radius 1 is 0.846 bits per heavy atom. The van der Waals surface area contributed by atoms with Gasteiger partial charge >= 0.3 is 0 Å². The first-order chi connectivity index (χ1) is 6.41. The van der Waals surface area contributed by atoms with Crippen LogP contribution in [0.4, 0.5) is 0 Å². The van der Waals surface area contributed by atoms with Crippen molar-refractivity contribution in [2.45, 2.75) is 52.4 Å². The van der Waals surface area contributed by atoms with Gasteiger partial charge in [0.1, 0.15) is 0 Å². The van der Waals surface area contributed by atoms with E-state index in [9.17, 15) is 0 Å². The Morgan fingerprint density at radius 2 is 1.31 bits per heavy atom. The molecule has 0 saturated carbocycles. The third-order valence-corrected chi connectivity index (χ3v) is 2.22. The molecule has 0 rings (SSSR count). The summed E-state index contributed by atoms with van der Waals surface area (Å²) in [5.74, 6) is 6.27. The van der Waals surface area contributed by atoms with Gasteiger partial charge in [-0.2, -0.15) is 0 Å². The first kappa shape index (κ1) is 12.6. The van der Waals surface area contributed by atoms with Crippen LogP contribution in [0.3, 0.4) is 0 Å². The maximum Gasteiger partial charge on any atom is 0.0358 e. The molecule has 13 heavy (non-hydrogen) atoms. The molecule has 0 aliphatic carbocycles. The molecule has 0 unspecified atom stereocenters. The van der Waals surface area contributed by atoms with Crippen molar-refractivity contribution in [3.8, 4) is 23.2 Å². The fourth-order valence-electron chi connectivity index (χ4n) is 0.775. The average Bonchev–Trinajstić information content (AvgIpc) is 2.16. The second-order valence-electron chi connectivity index (χ2n) is 2.94. The Kier molecular flexibility index (Phi) is 11.2. The van der Waals surface area contributed by atoms with Crippen molar-refractivity contribution >= 4 is 8.58 Å². The van der Waals surface area contributed by atoms with Crippen LogP contribution in [0, 0.1) is 23.2 Å². The molecule has 0 amide bonds.